The van der Waals surface area contributed by atoms with Gasteiger partial charge in [0.05, 0.1) is 11.7 Å². The molecule has 132 valence electrons. The molecule has 24 heavy (non-hydrogen) atoms. The van der Waals surface area contributed by atoms with E-state index in [1.165, 1.54) is 12.1 Å². The van der Waals surface area contributed by atoms with Crippen molar-refractivity contribution < 1.29 is 22.7 Å². The van der Waals surface area contributed by atoms with Crippen LogP contribution in [0, 0.1) is 0 Å². The van der Waals surface area contributed by atoms with Gasteiger partial charge in [0, 0.05) is 18.5 Å². The van der Waals surface area contributed by atoms with E-state index >= 15 is 0 Å². The fraction of sp³-hybridized carbons (Fsp3) is 0.588. The molecule has 1 saturated carbocycles. The average molecular weight is 342 g/mol. The molecule has 0 aromatic heterocycles. The summed E-state index contributed by atoms with van der Waals surface area (Å²) >= 11 is 0. The Morgan fingerprint density at radius 3 is 2.67 bits per heavy atom. The van der Waals surface area contributed by atoms with Gasteiger partial charge in [-0.2, -0.15) is 13.2 Å². The van der Waals surface area contributed by atoms with Gasteiger partial charge in [0.25, 0.3) is 0 Å². The van der Waals surface area contributed by atoms with E-state index in [9.17, 15) is 18.0 Å². The molecule has 3 N–H and O–H groups in total. The number of benzene rings is 1. The van der Waals surface area contributed by atoms with Crippen LogP contribution in [0.1, 0.15) is 36.8 Å². The summed E-state index contributed by atoms with van der Waals surface area (Å²) in [6, 6.07) is 5.38. The molecular weight excluding hydrogens is 321 g/mol. The zero-order chi connectivity index (χ0) is 17.4. The third kappa shape index (κ3) is 3.57. The highest BCUT2D eigenvalue weighted by Crippen LogP contribution is 2.48. The van der Waals surface area contributed by atoms with Crippen LogP contribution in [0.15, 0.2) is 24.3 Å². The van der Waals surface area contributed by atoms with Crippen molar-refractivity contribution in [1.29, 1.82) is 0 Å². The first-order chi connectivity index (χ1) is 11.3. The van der Waals surface area contributed by atoms with Gasteiger partial charge in [-0.05, 0) is 37.3 Å². The topological polar surface area (TPSA) is 64.4 Å². The van der Waals surface area contributed by atoms with Crippen LogP contribution in [0.4, 0.5) is 13.2 Å². The minimum atomic E-state index is -4.36. The number of carbonyl (C=O) groups is 1. The molecule has 2 atom stereocenters. The Hall–Kier alpha value is -1.60. The monoisotopic (exact) mass is 342 g/mol. The Morgan fingerprint density at radius 2 is 2.08 bits per heavy atom. The number of alkyl halides is 3. The molecule has 0 bridgehead atoms. The Bertz CT molecular complexity index is 614. The predicted octanol–water partition coefficient (Wildman–Crippen LogP) is 2.36. The molecule has 7 heteroatoms. The SMILES string of the molecule is NC[C@H]1CC[C@@H](C(=O)NCC2(c3cccc(C(F)(F)F)c3)CC2)O1. The summed E-state index contributed by atoms with van der Waals surface area (Å²) in [6.45, 7) is 0.720. The van der Waals surface area contributed by atoms with Gasteiger partial charge in [-0.1, -0.05) is 18.2 Å². The average Bonchev–Trinajstić information content (AvgIpc) is 3.20. The lowest BCUT2D eigenvalue weighted by molar-refractivity contribution is -0.137. The molecule has 1 heterocycles. The van der Waals surface area contributed by atoms with Gasteiger partial charge < -0.3 is 15.8 Å². The molecule has 1 amide bonds. The van der Waals surface area contributed by atoms with Crippen molar-refractivity contribution in [3.05, 3.63) is 35.4 Å². The Morgan fingerprint density at radius 1 is 1.33 bits per heavy atom. The molecule has 2 fully saturated rings. The highest BCUT2D eigenvalue weighted by atomic mass is 19.4. The first kappa shape index (κ1) is 17.2. The van der Waals surface area contributed by atoms with E-state index < -0.39 is 17.8 Å². The molecule has 3 rings (SSSR count). The van der Waals surface area contributed by atoms with Crippen LogP contribution in [-0.2, 0) is 21.1 Å². The summed E-state index contributed by atoms with van der Waals surface area (Å²) in [5.41, 5.74) is 5.12. The van der Waals surface area contributed by atoms with E-state index in [-0.39, 0.29) is 17.4 Å². The highest BCUT2D eigenvalue weighted by molar-refractivity contribution is 5.81. The van der Waals surface area contributed by atoms with Crippen molar-refractivity contribution in [2.75, 3.05) is 13.1 Å². The first-order valence-electron chi connectivity index (χ1n) is 8.15. The zero-order valence-electron chi connectivity index (χ0n) is 13.2. The molecule has 0 radical (unpaired) electrons. The maximum Gasteiger partial charge on any atom is 0.416 e. The lowest BCUT2D eigenvalue weighted by atomic mass is 9.94. The summed E-state index contributed by atoms with van der Waals surface area (Å²) < 4.78 is 44.1. The van der Waals surface area contributed by atoms with Crippen molar-refractivity contribution >= 4 is 5.91 Å². The summed E-state index contributed by atoms with van der Waals surface area (Å²) in [5.74, 6) is -0.204. The number of halogens is 3. The molecule has 0 unspecified atom stereocenters. The van der Waals surface area contributed by atoms with Crippen LogP contribution in [0.5, 0.6) is 0 Å². The minimum absolute atomic E-state index is 0.0842. The third-order valence-corrected chi connectivity index (χ3v) is 4.92. The molecule has 2 aliphatic rings. The lowest BCUT2D eigenvalue weighted by Crippen LogP contribution is -2.39. The number of amides is 1. The number of rotatable bonds is 5. The molecule has 1 aliphatic heterocycles. The van der Waals surface area contributed by atoms with E-state index in [4.69, 9.17) is 10.5 Å². The van der Waals surface area contributed by atoms with E-state index in [2.05, 4.69) is 5.32 Å². The van der Waals surface area contributed by atoms with Gasteiger partial charge in [-0.3, -0.25) is 4.79 Å². The van der Waals surface area contributed by atoms with Crippen molar-refractivity contribution in [2.24, 2.45) is 5.73 Å². The van der Waals surface area contributed by atoms with Crippen molar-refractivity contribution in [3.63, 3.8) is 0 Å². The third-order valence-electron chi connectivity index (χ3n) is 4.92. The van der Waals surface area contributed by atoms with E-state index in [0.29, 0.717) is 25.1 Å². The van der Waals surface area contributed by atoms with E-state index in [1.807, 2.05) is 0 Å². The zero-order valence-corrected chi connectivity index (χ0v) is 13.2. The van der Waals surface area contributed by atoms with Crippen LogP contribution in [0.3, 0.4) is 0 Å². The normalized spacial score (nSPS) is 25.5. The quantitative estimate of drug-likeness (QED) is 0.863. The second kappa shape index (κ2) is 6.37. The lowest BCUT2D eigenvalue weighted by Gasteiger charge is -2.20. The fourth-order valence-corrected chi connectivity index (χ4v) is 3.19. The number of ether oxygens (including phenoxy) is 1. The largest absolute Gasteiger partial charge is 0.416 e. The number of nitrogens with one attached hydrogen (secondary N) is 1. The Kier molecular flexibility index (Phi) is 4.57. The molecule has 1 aromatic rings. The van der Waals surface area contributed by atoms with Crippen LogP contribution < -0.4 is 11.1 Å². The van der Waals surface area contributed by atoms with Crippen molar-refractivity contribution in [3.8, 4) is 0 Å². The second-order valence-corrected chi connectivity index (χ2v) is 6.64. The van der Waals surface area contributed by atoms with Gasteiger partial charge in [-0.15, -0.1) is 0 Å². The molecule has 1 saturated heterocycles. The van der Waals surface area contributed by atoms with E-state index in [0.717, 1.165) is 25.3 Å². The first-order valence-corrected chi connectivity index (χ1v) is 8.15. The molecule has 0 spiro atoms. The summed E-state index contributed by atoms with van der Waals surface area (Å²) in [4.78, 5) is 12.2. The van der Waals surface area contributed by atoms with Crippen LogP contribution >= 0.6 is 0 Å². The summed E-state index contributed by atoms with van der Waals surface area (Å²) in [5, 5.41) is 2.84. The fourth-order valence-electron chi connectivity index (χ4n) is 3.19. The van der Waals surface area contributed by atoms with Crippen molar-refractivity contribution in [2.45, 2.75) is 49.5 Å². The number of hydrogen-bond donors (Lipinski definition) is 2. The maximum absolute atomic E-state index is 12.9. The molecule has 4 nitrogen and oxygen atoms in total. The predicted molar refractivity (Wildman–Crippen MR) is 82.3 cm³/mol. The smallest absolute Gasteiger partial charge is 0.364 e. The van der Waals surface area contributed by atoms with Gasteiger partial charge in [-0.25, -0.2) is 0 Å². The molecular formula is C17H21F3N2O2. The van der Waals surface area contributed by atoms with Crippen molar-refractivity contribution in [1.82, 2.24) is 5.32 Å². The van der Waals surface area contributed by atoms with Gasteiger partial charge >= 0.3 is 6.18 Å². The second-order valence-electron chi connectivity index (χ2n) is 6.64. The van der Waals surface area contributed by atoms with Crippen LogP contribution in [0.25, 0.3) is 0 Å². The molecule has 1 aliphatic carbocycles. The number of hydrogen-bond acceptors (Lipinski definition) is 3. The number of nitrogens with two attached hydrogens (primary N) is 1. The maximum atomic E-state index is 12.9. The molecule has 1 aromatic carbocycles. The Labute approximate surface area is 138 Å². The standard InChI is InChI=1S/C17H21F3N2O2/c18-17(19,20)12-3-1-2-11(8-12)16(6-7-16)10-22-15(23)14-5-4-13(9-21)24-14/h1-3,8,13-14H,4-7,9-10,21H2,(H,22,23)/t13-,14+/m1/s1. The number of carbonyl (C=O) groups excluding carboxylic acids is 1. The van der Waals surface area contributed by atoms with Gasteiger partial charge in [0.15, 0.2) is 0 Å². The van der Waals surface area contributed by atoms with Crippen LogP contribution in [-0.4, -0.2) is 31.2 Å². The highest BCUT2D eigenvalue weighted by Gasteiger charge is 2.46. The Balaban J connectivity index is 1.62. The van der Waals surface area contributed by atoms with Gasteiger partial charge in [0.2, 0.25) is 5.91 Å². The summed E-state index contributed by atoms with van der Waals surface area (Å²) in [7, 11) is 0. The van der Waals surface area contributed by atoms with E-state index in [1.54, 1.807) is 6.07 Å². The van der Waals surface area contributed by atoms with Crippen LogP contribution in [0.2, 0.25) is 0 Å². The minimum Gasteiger partial charge on any atom is -0.364 e. The summed E-state index contributed by atoms with van der Waals surface area (Å²) in [6.07, 6.45) is -2.02. The van der Waals surface area contributed by atoms with Gasteiger partial charge in [0.1, 0.15) is 6.10 Å².